The third kappa shape index (κ3) is 2.17. The molecule has 2 heterocycles. The zero-order valence-corrected chi connectivity index (χ0v) is 9.81. The molecule has 2 unspecified atom stereocenters. The molecule has 0 spiro atoms. The number of hydrogen-bond donors (Lipinski definition) is 1. The van der Waals surface area contributed by atoms with E-state index in [4.69, 9.17) is 4.74 Å². The van der Waals surface area contributed by atoms with Crippen molar-refractivity contribution >= 4 is 17.4 Å². The molecule has 5 nitrogen and oxygen atoms in total. The molecule has 0 bridgehead atoms. The highest BCUT2D eigenvalue weighted by atomic mass is 32.1. The van der Waals surface area contributed by atoms with E-state index in [1.54, 1.807) is 5.51 Å². The van der Waals surface area contributed by atoms with Crippen LogP contribution in [0.2, 0.25) is 0 Å². The molecule has 0 aliphatic carbocycles. The highest BCUT2D eigenvalue weighted by molar-refractivity contribution is 7.07. The van der Waals surface area contributed by atoms with Crippen molar-refractivity contribution in [3.63, 3.8) is 0 Å². The first-order valence-corrected chi connectivity index (χ1v) is 6.13. The molecule has 1 aromatic rings. The lowest BCUT2D eigenvalue weighted by atomic mass is 10.1. The van der Waals surface area contributed by atoms with Gasteiger partial charge in [0.1, 0.15) is 6.04 Å². The predicted molar refractivity (Wildman–Crippen MR) is 59.6 cm³/mol. The molecular formula is C10H14N2O3S. The molecule has 1 fully saturated rings. The average Bonchev–Trinajstić information content (AvgIpc) is 2.68. The summed E-state index contributed by atoms with van der Waals surface area (Å²) in [4.78, 5) is 16.8. The number of nitrogens with zero attached hydrogens (tertiary/aromatic N) is 2. The van der Waals surface area contributed by atoms with Gasteiger partial charge in [-0.2, -0.15) is 0 Å². The van der Waals surface area contributed by atoms with Gasteiger partial charge in [0, 0.05) is 18.5 Å². The van der Waals surface area contributed by atoms with E-state index in [-0.39, 0.29) is 12.1 Å². The molecule has 0 aromatic carbocycles. The Morgan fingerprint density at radius 3 is 3.19 bits per heavy atom. The first kappa shape index (κ1) is 11.3. The van der Waals surface area contributed by atoms with Gasteiger partial charge in [-0.05, 0) is 13.3 Å². The fourth-order valence-electron chi connectivity index (χ4n) is 1.97. The second kappa shape index (κ2) is 4.80. The molecule has 16 heavy (non-hydrogen) atoms. The Kier molecular flexibility index (Phi) is 3.40. The summed E-state index contributed by atoms with van der Waals surface area (Å²) in [6.45, 7) is 3.00. The van der Waals surface area contributed by atoms with Gasteiger partial charge in [0.15, 0.2) is 0 Å². The molecular weight excluding hydrogens is 228 g/mol. The van der Waals surface area contributed by atoms with Crippen LogP contribution in [-0.2, 0) is 4.74 Å². The van der Waals surface area contributed by atoms with Crippen molar-refractivity contribution in [1.82, 2.24) is 9.88 Å². The molecule has 0 saturated carbocycles. The van der Waals surface area contributed by atoms with Crippen LogP contribution in [0, 0.1) is 0 Å². The fourth-order valence-corrected chi connectivity index (χ4v) is 2.55. The van der Waals surface area contributed by atoms with Crippen LogP contribution in [0.25, 0.3) is 0 Å². The highest BCUT2D eigenvalue weighted by Crippen LogP contribution is 2.28. The Balaban J connectivity index is 2.29. The molecule has 2 atom stereocenters. The van der Waals surface area contributed by atoms with Gasteiger partial charge in [-0.25, -0.2) is 9.78 Å². The molecule has 1 N–H and O–H groups in total. The minimum atomic E-state index is -0.907. The number of rotatable bonds is 1. The van der Waals surface area contributed by atoms with E-state index in [9.17, 15) is 9.90 Å². The zero-order valence-electron chi connectivity index (χ0n) is 9.00. The van der Waals surface area contributed by atoms with Crippen LogP contribution in [0.5, 0.6) is 0 Å². The molecule has 1 aliphatic heterocycles. The summed E-state index contributed by atoms with van der Waals surface area (Å²) in [5.74, 6) is 0. The van der Waals surface area contributed by atoms with Gasteiger partial charge in [0.25, 0.3) is 0 Å². The zero-order chi connectivity index (χ0) is 11.5. The minimum Gasteiger partial charge on any atom is -0.465 e. The highest BCUT2D eigenvalue weighted by Gasteiger charge is 2.33. The van der Waals surface area contributed by atoms with Crippen LogP contribution in [0.3, 0.4) is 0 Å². The Labute approximate surface area is 97.7 Å². The number of ether oxygens (including phenoxy) is 1. The van der Waals surface area contributed by atoms with Crippen molar-refractivity contribution in [2.45, 2.75) is 25.5 Å². The summed E-state index contributed by atoms with van der Waals surface area (Å²) >= 11 is 1.47. The Morgan fingerprint density at radius 2 is 2.56 bits per heavy atom. The quantitative estimate of drug-likeness (QED) is 0.817. The van der Waals surface area contributed by atoms with Gasteiger partial charge in [0.2, 0.25) is 0 Å². The van der Waals surface area contributed by atoms with Gasteiger partial charge in [-0.1, -0.05) is 0 Å². The first-order chi connectivity index (χ1) is 7.70. The molecule has 2 rings (SSSR count). The lowest BCUT2D eigenvalue weighted by molar-refractivity contribution is 0.0276. The molecule has 1 amide bonds. The van der Waals surface area contributed by atoms with E-state index in [0.717, 1.165) is 12.1 Å². The van der Waals surface area contributed by atoms with Crippen molar-refractivity contribution < 1.29 is 14.6 Å². The van der Waals surface area contributed by atoms with Crippen molar-refractivity contribution in [1.29, 1.82) is 0 Å². The van der Waals surface area contributed by atoms with Gasteiger partial charge in [0.05, 0.1) is 17.3 Å². The van der Waals surface area contributed by atoms with Crippen molar-refractivity contribution in [3.05, 3.63) is 16.6 Å². The lowest BCUT2D eigenvalue weighted by Crippen LogP contribution is -2.38. The maximum Gasteiger partial charge on any atom is 0.407 e. The van der Waals surface area contributed by atoms with Crippen molar-refractivity contribution in [2.75, 3.05) is 13.2 Å². The van der Waals surface area contributed by atoms with Crippen LogP contribution >= 0.6 is 11.3 Å². The topological polar surface area (TPSA) is 62.7 Å². The third-order valence-electron chi connectivity index (χ3n) is 2.70. The van der Waals surface area contributed by atoms with Crippen LogP contribution in [0.1, 0.15) is 25.1 Å². The third-order valence-corrected chi connectivity index (χ3v) is 3.31. The number of carbonyl (C=O) groups is 1. The summed E-state index contributed by atoms with van der Waals surface area (Å²) < 4.78 is 5.58. The van der Waals surface area contributed by atoms with Gasteiger partial charge in [-0.3, -0.25) is 4.90 Å². The molecule has 6 heteroatoms. The van der Waals surface area contributed by atoms with Crippen molar-refractivity contribution in [2.24, 2.45) is 0 Å². The summed E-state index contributed by atoms with van der Waals surface area (Å²) in [6, 6.07) is -0.286. The maximum atomic E-state index is 11.2. The fraction of sp³-hybridized carbons (Fsp3) is 0.600. The van der Waals surface area contributed by atoms with Crippen LogP contribution in [0.4, 0.5) is 4.79 Å². The Morgan fingerprint density at radius 1 is 1.75 bits per heavy atom. The normalized spacial score (nSPS) is 26.4. The minimum absolute atomic E-state index is 0.152. The van der Waals surface area contributed by atoms with E-state index in [1.165, 1.54) is 16.2 Å². The smallest absolute Gasteiger partial charge is 0.407 e. The number of carboxylic acid groups (broad SMARTS) is 1. The molecule has 88 valence electrons. The van der Waals surface area contributed by atoms with E-state index >= 15 is 0 Å². The number of hydrogen-bond acceptors (Lipinski definition) is 4. The van der Waals surface area contributed by atoms with E-state index in [1.807, 2.05) is 12.3 Å². The van der Waals surface area contributed by atoms with Crippen LogP contribution in [0.15, 0.2) is 10.9 Å². The summed E-state index contributed by atoms with van der Waals surface area (Å²) in [5.41, 5.74) is 2.49. The van der Waals surface area contributed by atoms with Gasteiger partial charge in [-0.15, -0.1) is 11.3 Å². The maximum absolute atomic E-state index is 11.2. The molecule has 1 aliphatic rings. The summed E-state index contributed by atoms with van der Waals surface area (Å²) in [5, 5.41) is 11.1. The van der Waals surface area contributed by atoms with Crippen molar-refractivity contribution in [3.8, 4) is 0 Å². The SMILES string of the molecule is CC1OCCCN(C(=O)O)C1c1cscn1. The predicted octanol–water partition coefficient (Wildman–Crippen LogP) is 1.97. The monoisotopic (exact) mass is 242 g/mol. The molecule has 0 radical (unpaired) electrons. The number of amides is 1. The second-order valence-corrected chi connectivity index (χ2v) is 4.48. The van der Waals surface area contributed by atoms with Crippen LogP contribution < -0.4 is 0 Å². The van der Waals surface area contributed by atoms with Gasteiger partial charge >= 0.3 is 6.09 Å². The lowest BCUT2D eigenvalue weighted by Gasteiger charge is -2.29. The van der Waals surface area contributed by atoms with E-state index < -0.39 is 6.09 Å². The summed E-state index contributed by atoms with van der Waals surface area (Å²) in [7, 11) is 0. The average molecular weight is 242 g/mol. The van der Waals surface area contributed by atoms with E-state index in [2.05, 4.69) is 4.98 Å². The van der Waals surface area contributed by atoms with E-state index in [0.29, 0.717) is 13.2 Å². The largest absolute Gasteiger partial charge is 0.465 e. The molecule has 1 aromatic heterocycles. The Bertz CT molecular complexity index is 355. The second-order valence-electron chi connectivity index (χ2n) is 3.76. The standard InChI is InChI=1S/C10H14N2O3S/c1-7-9(8-5-16-6-11-8)12(10(13)14)3-2-4-15-7/h5-7,9H,2-4H2,1H3,(H,13,14). The first-order valence-electron chi connectivity index (χ1n) is 5.19. The summed E-state index contributed by atoms with van der Waals surface area (Å²) in [6.07, 6.45) is -0.326. The van der Waals surface area contributed by atoms with Gasteiger partial charge < -0.3 is 9.84 Å². The van der Waals surface area contributed by atoms with Crippen LogP contribution in [-0.4, -0.2) is 40.3 Å². The number of aromatic nitrogens is 1. The number of thiazole rings is 1. The molecule has 1 saturated heterocycles. The Hall–Kier alpha value is -1.14.